The number of fused-ring (bicyclic) bond motifs is 1. The zero-order valence-electron chi connectivity index (χ0n) is 11.0. The van der Waals surface area contributed by atoms with E-state index >= 15 is 0 Å². The number of carbonyl (C=O) groups is 3. The van der Waals surface area contributed by atoms with E-state index in [1.54, 1.807) is 18.2 Å². The van der Waals surface area contributed by atoms with E-state index in [2.05, 4.69) is 11.3 Å². The Hall–Kier alpha value is -2.43. The minimum Gasteiger partial charge on any atom is -0.459 e. The molecule has 1 aliphatic heterocycles. The molecule has 0 saturated heterocycles. The van der Waals surface area contributed by atoms with Gasteiger partial charge in [-0.2, -0.15) is 0 Å². The van der Waals surface area contributed by atoms with E-state index < -0.39 is 17.9 Å². The van der Waals surface area contributed by atoms with E-state index in [1.165, 1.54) is 0 Å². The maximum atomic E-state index is 11.7. The van der Waals surface area contributed by atoms with Crippen molar-refractivity contribution in [2.75, 3.05) is 0 Å². The molecule has 1 aromatic rings. The van der Waals surface area contributed by atoms with Crippen LogP contribution in [0.5, 0.6) is 0 Å². The van der Waals surface area contributed by atoms with Crippen LogP contribution < -0.4 is 0 Å². The minimum absolute atomic E-state index is 0.261. The van der Waals surface area contributed by atoms with Crippen molar-refractivity contribution in [2.24, 2.45) is 0 Å². The smallest absolute Gasteiger partial charge is 0.347 e. The molecule has 0 amide bonds. The molecule has 0 aromatic heterocycles. The molecule has 1 unspecified atom stereocenters. The van der Waals surface area contributed by atoms with Gasteiger partial charge in [0.2, 0.25) is 0 Å². The number of benzene rings is 1. The van der Waals surface area contributed by atoms with Gasteiger partial charge in [0.15, 0.2) is 0 Å². The molecule has 0 bridgehead atoms. The summed E-state index contributed by atoms with van der Waals surface area (Å²) in [5.41, 5.74) is 1.17. The lowest BCUT2D eigenvalue weighted by Crippen LogP contribution is -2.19. The third-order valence-corrected chi connectivity index (χ3v) is 3.11. The van der Waals surface area contributed by atoms with E-state index in [4.69, 9.17) is 4.74 Å². The van der Waals surface area contributed by atoms with Crippen LogP contribution in [0.25, 0.3) is 0 Å². The summed E-state index contributed by atoms with van der Waals surface area (Å²) in [7, 11) is 0. The van der Waals surface area contributed by atoms with Crippen molar-refractivity contribution in [3.63, 3.8) is 0 Å². The van der Waals surface area contributed by atoms with Gasteiger partial charge in [-0.25, -0.2) is 14.4 Å². The Balaban J connectivity index is 2.26. The third-order valence-electron chi connectivity index (χ3n) is 3.11. The summed E-state index contributed by atoms with van der Waals surface area (Å²) in [6.07, 6.45) is 1.65. The monoisotopic (exact) mass is 274 g/mol. The maximum Gasteiger partial charge on any atom is 0.347 e. The number of esters is 3. The first-order valence-corrected chi connectivity index (χ1v) is 6.28. The molecule has 1 atom stereocenters. The van der Waals surface area contributed by atoms with Crippen LogP contribution in [0, 0.1) is 0 Å². The van der Waals surface area contributed by atoms with Crippen molar-refractivity contribution < 1.29 is 23.9 Å². The van der Waals surface area contributed by atoms with Gasteiger partial charge >= 0.3 is 17.9 Å². The third kappa shape index (κ3) is 2.61. The molecule has 0 N–H and O–H groups in total. The SMILES string of the molecule is C=CC(=O)OC(CC)Cc1cccc2c1C(=O)OC2=O. The highest BCUT2D eigenvalue weighted by molar-refractivity contribution is 6.15. The lowest BCUT2D eigenvalue weighted by molar-refractivity contribution is -0.143. The van der Waals surface area contributed by atoms with Gasteiger partial charge in [0, 0.05) is 12.5 Å². The lowest BCUT2D eigenvalue weighted by atomic mass is 9.97. The average molecular weight is 274 g/mol. The topological polar surface area (TPSA) is 69.7 Å². The van der Waals surface area contributed by atoms with Crippen molar-refractivity contribution in [1.29, 1.82) is 0 Å². The van der Waals surface area contributed by atoms with E-state index in [0.717, 1.165) is 6.08 Å². The molecule has 1 heterocycles. The molecular weight excluding hydrogens is 260 g/mol. The molecule has 2 rings (SSSR count). The highest BCUT2D eigenvalue weighted by Gasteiger charge is 2.32. The molecule has 0 fully saturated rings. The van der Waals surface area contributed by atoms with Crippen LogP contribution in [0.2, 0.25) is 0 Å². The summed E-state index contributed by atoms with van der Waals surface area (Å²) in [5, 5.41) is 0. The molecule has 0 spiro atoms. The van der Waals surface area contributed by atoms with Gasteiger partial charge < -0.3 is 9.47 Å². The molecule has 1 aromatic carbocycles. The van der Waals surface area contributed by atoms with Crippen LogP contribution >= 0.6 is 0 Å². The number of cyclic esters (lactones) is 2. The molecule has 5 nitrogen and oxygen atoms in total. The number of ether oxygens (including phenoxy) is 2. The second kappa shape index (κ2) is 5.69. The molecule has 0 saturated carbocycles. The number of hydrogen-bond donors (Lipinski definition) is 0. The van der Waals surface area contributed by atoms with Gasteiger partial charge in [-0.3, -0.25) is 0 Å². The molecule has 104 valence electrons. The first-order chi connectivity index (χ1) is 9.56. The largest absolute Gasteiger partial charge is 0.459 e. The number of carbonyl (C=O) groups excluding carboxylic acids is 3. The number of hydrogen-bond acceptors (Lipinski definition) is 5. The number of rotatable bonds is 5. The van der Waals surface area contributed by atoms with Gasteiger partial charge in [0.1, 0.15) is 6.10 Å². The van der Waals surface area contributed by atoms with Gasteiger partial charge in [-0.1, -0.05) is 25.6 Å². The highest BCUT2D eigenvalue weighted by atomic mass is 16.6. The molecule has 0 aliphatic carbocycles. The molecular formula is C15H14O5. The van der Waals surface area contributed by atoms with Gasteiger partial charge in [0.05, 0.1) is 11.1 Å². The Kier molecular flexibility index (Phi) is 3.98. The summed E-state index contributed by atoms with van der Waals surface area (Å²) in [6.45, 7) is 5.21. The van der Waals surface area contributed by atoms with Gasteiger partial charge in [0.25, 0.3) is 0 Å². The van der Waals surface area contributed by atoms with E-state index in [1.807, 2.05) is 6.92 Å². The Morgan fingerprint density at radius 3 is 2.80 bits per heavy atom. The summed E-state index contributed by atoms with van der Waals surface area (Å²) < 4.78 is 9.77. The maximum absolute atomic E-state index is 11.7. The standard InChI is InChI=1S/C15H14O5/c1-3-10(19-12(16)4-2)8-9-6-5-7-11-13(9)15(18)20-14(11)17/h4-7,10H,2-3,8H2,1H3. The van der Waals surface area contributed by atoms with Crippen LogP contribution in [0.4, 0.5) is 0 Å². The van der Waals surface area contributed by atoms with E-state index in [9.17, 15) is 14.4 Å². The predicted octanol–water partition coefficient (Wildman–Crippen LogP) is 2.05. The van der Waals surface area contributed by atoms with Crippen molar-refractivity contribution >= 4 is 17.9 Å². The summed E-state index contributed by atoms with van der Waals surface area (Å²) in [4.78, 5) is 34.4. The Bertz CT molecular complexity index is 588. The normalized spacial score (nSPS) is 14.4. The lowest BCUT2D eigenvalue weighted by Gasteiger charge is -2.16. The summed E-state index contributed by atoms with van der Waals surface area (Å²) in [6, 6.07) is 4.95. The molecule has 1 aliphatic rings. The van der Waals surface area contributed by atoms with Crippen molar-refractivity contribution in [3.8, 4) is 0 Å². The van der Waals surface area contributed by atoms with Gasteiger partial charge in [-0.05, 0) is 18.1 Å². The highest BCUT2D eigenvalue weighted by Crippen LogP contribution is 2.25. The van der Waals surface area contributed by atoms with Crippen molar-refractivity contribution in [3.05, 3.63) is 47.5 Å². The van der Waals surface area contributed by atoms with Gasteiger partial charge in [-0.15, -0.1) is 0 Å². The van der Waals surface area contributed by atoms with Crippen LogP contribution in [-0.2, 0) is 20.7 Å². The first-order valence-electron chi connectivity index (χ1n) is 6.28. The summed E-state index contributed by atoms with van der Waals surface area (Å²) >= 11 is 0. The Labute approximate surface area is 116 Å². The van der Waals surface area contributed by atoms with Crippen LogP contribution in [0.15, 0.2) is 30.9 Å². The average Bonchev–Trinajstić information content (AvgIpc) is 2.74. The summed E-state index contributed by atoms with van der Waals surface area (Å²) in [5.74, 6) is -1.79. The predicted molar refractivity (Wildman–Crippen MR) is 70.3 cm³/mol. The Morgan fingerprint density at radius 1 is 1.40 bits per heavy atom. The van der Waals surface area contributed by atoms with E-state index in [-0.39, 0.29) is 17.2 Å². The fourth-order valence-corrected chi connectivity index (χ4v) is 2.10. The van der Waals surface area contributed by atoms with Crippen LogP contribution in [0.1, 0.15) is 39.6 Å². The fourth-order valence-electron chi connectivity index (χ4n) is 2.10. The van der Waals surface area contributed by atoms with Crippen LogP contribution in [-0.4, -0.2) is 24.0 Å². The zero-order valence-corrected chi connectivity index (χ0v) is 11.0. The minimum atomic E-state index is -0.648. The second-order valence-corrected chi connectivity index (χ2v) is 4.39. The second-order valence-electron chi connectivity index (χ2n) is 4.39. The fraction of sp³-hybridized carbons (Fsp3) is 0.267. The quantitative estimate of drug-likeness (QED) is 0.467. The molecule has 20 heavy (non-hydrogen) atoms. The van der Waals surface area contributed by atoms with Crippen molar-refractivity contribution in [1.82, 2.24) is 0 Å². The molecule has 5 heteroatoms. The van der Waals surface area contributed by atoms with Crippen molar-refractivity contribution in [2.45, 2.75) is 25.9 Å². The zero-order chi connectivity index (χ0) is 14.7. The Morgan fingerprint density at radius 2 is 2.15 bits per heavy atom. The van der Waals surface area contributed by atoms with Crippen LogP contribution in [0.3, 0.4) is 0 Å². The first kappa shape index (κ1) is 14.0. The van der Waals surface area contributed by atoms with E-state index in [0.29, 0.717) is 18.4 Å². The molecule has 0 radical (unpaired) electrons.